The van der Waals surface area contributed by atoms with Crippen molar-refractivity contribution >= 4 is 6.09 Å². The predicted octanol–water partition coefficient (Wildman–Crippen LogP) is 0.953. The molecule has 0 rings (SSSR count). The highest BCUT2D eigenvalue weighted by atomic mass is 16.4. The van der Waals surface area contributed by atoms with E-state index >= 15 is 0 Å². The molecule has 0 bridgehead atoms. The van der Waals surface area contributed by atoms with Crippen LogP contribution >= 0.6 is 0 Å². The Hall–Kier alpha value is -1.42. The van der Waals surface area contributed by atoms with E-state index in [2.05, 4.69) is 15.3 Å². The van der Waals surface area contributed by atoms with Gasteiger partial charge in [0.15, 0.2) is 0 Å². The molecular formula is C4H8N4O2. The zero-order valence-corrected chi connectivity index (χ0v) is 5.48. The van der Waals surface area contributed by atoms with Crippen LogP contribution in [0.1, 0.15) is 6.92 Å². The number of carboxylic acid groups (broad SMARTS) is 1. The molecule has 0 saturated heterocycles. The maximum atomic E-state index is 9.93. The minimum Gasteiger partial charge on any atom is -0.465 e. The van der Waals surface area contributed by atoms with E-state index in [1.807, 2.05) is 0 Å². The first-order valence-corrected chi connectivity index (χ1v) is 2.67. The van der Waals surface area contributed by atoms with Crippen LogP contribution in [0.5, 0.6) is 0 Å². The van der Waals surface area contributed by atoms with E-state index in [1.165, 1.54) is 0 Å². The molecule has 0 radical (unpaired) electrons. The van der Waals surface area contributed by atoms with Crippen LogP contribution < -0.4 is 5.32 Å². The van der Waals surface area contributed by atoms with Crippen LogP contribution in [-0.4, -0.2) is 23.8 Å². The maximum Gasteiger partial charge on any atom is 0.404 e. The Balaban J connectivity index is 3.52. The van der Waals surface area contributed by atoms with Gasteiger partial charge in [-0.3, -0.25) is 0 Å². The van der Waals surface area contributed by atoms with Gasteiger partial charge in [-0.2, -0.15) is 0 Å². The molecule has 0 aromatic rings. The summed E-state index contributed by atoms with van der Waals surface area (Å²) in [5.74, 6) is 0. The van der Waals surface area contributed by atoms with E-state index in [4.69, 9.17) is 10.6 Å². The SMILES string of the molecule is C[C@H](CN=[N+]=[N-])NC(=O)O. The minimum absolute atomic E-state index is 0.142. The van der Waals surface area contributed by atoms with Crippen molar-refractivity contribution in [2.75, 3.05) is 6.54 Å². The first-order valence-electron chi connectivity index (χ1n) is 2.67. The largest absolute Gasteiger partial charge is 0.465 e. The molecule has 1 atom stereocenters. The molecule has 0 aliphatic carbocycles. The fourth-order valence-electron chi connectivity index (χ4n) is 0.415. The molecule has 0 aliphatic heterocycles. The second kappa shape index (κ2) is 4.46. The first-order chi connectivity index (χ1) is 4.66. The molecule has 0 fully saturated rings. The molecule has 1 amide bonds. The number of azide groups is 1. The van der Waals surface area contributed by atoms with E-state index in [-0.39, 0.29) is 12.6 Å². The van der Waals surface area contributed by atoms with Gasteiger partial charge in [-0.25, -0.2) is 4.79 Å². The number of nitrogens with zero attached hydrogens (tertiary/aromatic N) is 3. The van der Waals surface area contributed by atoms with Gasteiger partial charge in [0.05, 0.1) is 0 Å². The third-order valence-corrected chi connectivity index (χ3v) is 0.789. The third kappa shape index (κ3) is 4.73. The highest BCUT2D eigenvalue weighted by Crippen LogP contribution is 1.82. The molecule has 0 unspecified atom stereocenters. The van der Waals surface area contributed by atoms with Gasteiger partial charge in [0.1, 0.15) is 0 Å². The maximum absolute atomic E-state index is 9.93. The lowest BCUT2D eigenvalue weighted by molar-refractivity contribution is 0.191. The first kappa shape index (κ1) is 8.58. The van der Waals surface area contributed by atoms with Crippen LogP contribution in [0.15, 0.2) is 5.11 Å². The molecule has 0 aromatic heterocycles. The number of nitrogens with one attached hydrogen (secondary N) is 1. The van der Waals surface area contributed by atoms with E-state index in [0.717, 1.165) is 0 Å². The number of carbonyl (C=O) groups is 1. The summed E-state index contributed by atoms with van der Waals surface area (Å²) in [6.45, 7) is 1.76. The summed E-state index contributed by atoms with van der Waals surface area (Å²) in [5.41, 5.74) is 7.83. The highest BCUT2D eigenvalue weighted by Gasteiger charge is 2.01. The van der Waals surface area contributed by atoms with Crippen molar-refractivity contribution in [3.63, 3.8) is 0 Å². The van der Waals surface area contributed by atoms with E-state index in [0.29, 0.717) is 0 Å². The third-order valence-electron chi connectivity index (χ3n) is 0.789. The summed E-state index contributed by atoms with van der Waals surface area (Å²) in [5, 5.41) is 13.4. The van der Waals surface area contributed by atoms with Crippen molar-refractivity contribution in [3.8, 4) is 0 Å². The normalized spacial score (nSPS) is 11.3. The molecule has 56 valence electrons. The van der Waals surface area contributed by atoms with Gasteiger partial charge < -0.3 is 10.4 Å². The number of hydrogen-bond donors (Lipinski definition) is 2. The van der Waals surface area contributed by atoms with Gasteiger partial charge in [-0.1, -0.05) is 5.11 Å². The fraction of sp³-hybridized carbons (Fsp3) is 0.750. The summed E-state index contributed by atoms with van der Waals surface area (Å²) in [4.78, 5) is 12.4. The lowest BCUT2D eigenvalue weighted by Gasteiger charge is -2.05. The predicted molar refractivity (Wildman–Crippen MR) is 34.6 cm³/mol. The Morgan fingerprint density at radius 2 is 2.60 bits per heavy atom. The average Bonchev–Trinajstić information content (AvgIpc) is 1.82. The van der Waals surface area contributed by atoms with Crippen molar-refractivity contribution in [2.45, 2.75) is 13.0 Å². The summed E-state index contributed by atoms with van der Waals surface area (Å²) < 4.78 is 0. The number of hydrogen-bond acceptors (Lipinski definition) is 2. The van der Waals surface area contributed by atoms with Gasteiger partial charge in [-0.05, 0) is 12.5 Å². The lowest BCUT2D eigenvalue weighted by Crippen LogP contribution is -2.32. The molecule has 0 heterocycles. The standard InChI is InChI=1S/C4H8N4O2/c1-3(2-6-8-5)7-4(9)10/h3,7H,2H2,1H3,(H,9,10)/t3-/m1/s1. The van der Waals surface area contributed by atoms with Crippen molar-refractivity contribution in [1.29, 1.82) is 0 Å². The molecule has 0 spiro atoms. The Labute approximate surface area is 57.5 Å². The number of rotatable bonds is 3. The van der Waals surface area contributed by atoms with Crippen LogP contribution in [0.3, 0.4) is 0 Å². The van der Waals surface area contributed by atoms with Crippen LogP contribution in [0.4, 0.5) is 4.79 Å². The summed E-state index contributed by atoms with van der Waals surface area (Å²) in [7, 11) is 0. The molecule has 0 aromatic carbocycles. The van der Waals surface area contributed by atoms with Crippen LogP contribution in [0, 0.1) is 0 Å². The van der Waals surface area contributed by atoms with Crippen molar-refractivity contribution in [1.82, 2.24) is 5.32 Å². The smallest absolute Gasteiger partial charge is 0.404 e. The van der Waals surface area contributed by atoms with E-state index in [1.54, 1.807) is 6.92 Å². The highest BCUT2D eigenvalue weighted by molar-refractivity contribution is 5.64. The Morgan fingerprint density at radius 3 is 3.00 bits per heavy atom. The zero-order valence-electron chi connectivity index (χ0n) is 5.48. The summed E-state index contributed by atoms with van der Waals surface area (Å²) >= 11 is 0. The van der Waals surface area contributed by atoms with Crippen LogP contribution in [0.2, 0.25) is 0 Å². The Kier molecular flexibility index (Phi) is 3.83. The van der Waals surface area contributed by atoms with E-state index < -0.39 is 6.09 Å². The van der Waals surface area contributed by atoms with E-state index in [9.17, 15) is 4.79 Å². The topological polar surface area (TPSA) is 98.1 Å². The molecular weight excluding hydrogens is 136 g/mol. The Bertz CT molecular complexity index is 159. The van der Waals surface area contributed by atoms with Gasteiger partial charge in [0.25, 0.3) is 0 Å². The van der Waals surface area contributed by atoms with Gasteiger partial charge >= 0.3 is 6.09 Å². The van der Waals surface area contributed by atoms with Crippen LogP contribution in [-0.2, 0) is 0 Å². The van der Waals surface area contributed by atoms with Gasteiger partial charge in [-0.15, -0.1) is 0 Å². The summed E-state index contributed by atoms with van der Waals surface area (Å²) in [6.07, 6.45) is -1.11. The molecule has 0 aliphatic rings. The fourth-order valence-corrected chi connectivity index (χ4v) is 0.415. The molecule has 6 nitrogen and oxygen atoms in total. The Morgan fingerprint density at radius 1 is 2.00 bits per heavy atom. The van der Waals surface area contributed by atoms with Crippen LogP contribution in [0.25, 0.3) is 10.4 Å². The lowest BCUT2D eigenvalue weighted by atomic mass is 10.3. The molecule has 2 N–H and O–H groups in total. The van der Waals surface area contributed by atoms with Gasteiger partial charge in [0.2, 0.25) is 0 Å². The molecule has 6 heteroatoms. The minimum atomic E-state index is -1.11. The van der Waals surface area contributed by atoms with Crippen molar-refractivity contribution in [3.05, 3.63) is 10.4 Å². The zero-order chi connectivity index (χ0) is 7.98. The second-order valence-corrected chi connectivity index (χ2v) is 1.76. The quantitative estimate of drug-likeness (QED) is 0.350. The summed E-state index contributed by atoms with van der Waals surface area (Å²) in [6, 6.07) is -0.326. The second-order valence-electron chi connectivity index (χ2n) is 1.76. The molecule has 0 saturated carbocycles. The number of amides is 1. The van der Waals surface area contributed by atoms with Crippen molar-refractivity contribution in [2.24, 2.45) is 5.11 Å². The van der Waals surface area contributed by atoms with Crippen molar-refractivity contribution < 1.29 is 9.90 Å². The monoisotopic (exact) mass is 144 g/mol. The van der Waals surface area contributed by atoms with Gasteiger partial charge in [0, 0.05) is 17.5 Å². The average molecular weight is 144 g/mol. The molecule has 10 heavy (non-hydrogen) atoms.